The highest BCUT2D eigenvalue weighted by atomic mass is 35.5. The third-order valence-corrected chi connectivity index (χ3v) is 6.62. The van der Waals surface area contributed by atoms with Crippen molar-refractivity contribution in [3.63, 3.8) is 0 Å². The molecule has 1 aliphatic heterocycles. The van der Waals surface area contributed by atoms with Gasteiger partial charge < -0.3 is 20.0 Å². The molecule has 5 nitrogen and oxygen atoms in total. The molecule has 1 fully saturated rings. The summed E-state index contributed by atoms with van der Waals surface area (Å²) >= 11 is 13.4. The highest BCUT2D eigenvalue weighted by molar-refractivity contribution is 6.39. The Hall–Kier alpha value is -1.21. The largest absolute Gasteiger partial charge is 0.412 e. The van der Waals surface area contributed by atoms with Crippen molar-refractivity contribution in [1.29, 1.82) is 0 Å². The number of para-hydroxylation sites is 1. The second kappa shape index (κ2) is 14.5. The molecule has 0 aromatic heterocycles. The van der Waals surface area contributed by atoms with E-state index in [4.69, 9.17) is 27.9 Å². The van der Waals surface area contributed by atoms with Crippen molar-refractivity contribution in [2.45, 2.75) is 46.2 Å². The van der Waals surface area contributed by atoms with Crippen molar-refractivity contribution in [2.24, 2.45) is 5.41 Å². The van der Waals surface area contributed by atoms with Gasteiger partial charge in [0.15, 0.2) is 0 Å². The summed E-state index contributed by atoms with van der Waals surface area (Å²) in [5.74, 6) is 0. The van der Waals surface area contributed by atoms with Gasteiger partial charge in [0.2, 0.25) is 0 Å². The van der Waals surface area contributed by atoms with Crippen LogP contribution in [0.25, 0.3) is 0 Å². The van der Waals surface area contributed by atoms with Gasteiger partial charge in [-0.05, 0) is 61.2 Å². The predicted octanol–water partition coefficient (Wildman–Crippen LogP) is 6.19. The summed E-state index contributed by atoms with van der Waals surface area (Å²) in [6.45, 7) is 11.9. The van der Waals surface area contributed by atoms with Crippen molar-refractivity contribution in [2.75, 3.05) is 56.7 Å². The van der Waals surface area contributed by atoms with Gasteiger partial charge in [-0.1, -0.05) is 62.2 Å². The maximum absolute atomic E-state index is 6.69. The van der Waals surface area contributed by atoms with Crippen LogP contribution in [0.2, 0.25) is 10.0 Å². The van der Waals surface area contributed by atoms with Crippen LogP contribution < -0.4 is 9.80 Å². The summed E-state index contributed by atoms with van der Waals surface area (Å²) in [6, 6.07) is 14.7. The minimum Gasteiger partial charge on any atom is -0.412 e. The van der Waals surface area contributed by atoms with E-state index >= 15 is 0 Å². The molecule has 1 unspecified atom stereocenters. The standard InChI is InChI=1S/C27H39Cl2N3O.ClH.H2O/c1-27(2,3)20-33-19-23(31-15-6-7-16-31)18-32(26-24(28)9-8-10-25(26)29)17-21-11-13-22(14-12-21)30(4)5;;/h8-14,23H,6-7,15-20H2,1-5H3;1H;1H2. The number of hydrogen-bond acceptors (Lipinski definition) is 4. The summed E-state index contributed by atoms with van der Waals surface area (Å²) in [5.41, 5.74) is 3.46. The number of likely N-dealkylation sites (tertiary alicyclic amines) is 1. The van der Waals surface area contributed by atoms with Crippen LogP contribution in [0.15, 0.2) is 42.5 Å². The second-order valence-electron chi connectivity index (χ2n) is 10.5. The number of benzene rings is 2. The molecule has 0 amide bonds. The van der Waals surface area contributed by atoms with Gasteiger partial charge in [-0.2, -0.15) is 0 Å². The van der Waals surface area contributed by atoms with Gasteiger partial charge in [-0.15, -0.1) is 12.4 Å². The van der Waals surface area contributed by atoms with Gasteiger partial charge in [0.05, 0.1) is 35.0 Å². The van der Waals surface area contributed by atoms with Crippen molar-refractivity contribution in [3.8, 4) is 0 Å². The zero-order valence-electron chi connectivity index (χ0n) is 21.7. The number of hydrogen-bond donors (Lipinski definition) is 0. The van der Waals surface area contributed by atoms with Crippen LogP contribution >= 0.6 is 35.6 Å². The van der Waals surface area contributed by atoms with Crippen molar-refractivity contribution >= 4 is 47.0 Å². The van der Waals surface area contributed by atoms with E-state index in [2.05, 4.69) is 73.8 Å². The molecule has 8 heteroatoms. The molecule has 2 N–H and O–H groups in total. The molecule has 0 spiro atoms. The third-order valence-electron chi connectivity index (χ3n) is 6.01. The zero-order valence-corrected chi connectivity index (χ0v) is 24.0. The fourth-order valence-corrected chi connectivity index (χ4v) is 4.92. The first kappa shape index (κ1) is 31.8. The Morgan fingerprint density at radius 3 is 2.06 bits per heavy atom. The lowest BCUT2D eigenvalue weighted by atomic mass is 9.99. The molecule has 0 saturated carbocycles. The Morgan fingerprint density at radius 2 is 1.54 bits per heavy atom. The summed E-state index contributed by atoms with van der Waals surface area (Å²) in [5, 5.41) is 1.37. The molecule has 0 radical (unpaired) electrons. The van der Waals surface area contributed by atoms with E-state index in [9.17, 15) is 0 Å². The van der Waals surface area contributed by atoms with E-state index in [1.165, 1.54) is 24.1 Å². The highest BCUT2D eigenvalue weighted by Gasteiger charge is 2.27. The van der Waals surface area contributed by atoms with E-state index in [1.807, 2.05) is 18.2 Å². The number of halogens is 3. The third kappa shape index (κ3) is 9.64. The molecule has 35 heavy (non-hydrogen) atoms. The van der Waals surface area contributed by atoms with Crippen LogP contribution in [0.1, 0.15) is 39.2 Å². The van der Waals surface area contributed by atoms with E-state index in [-0.39, 0.29) is 29.3 Å². The molecule has 3 rings (SSSR count). The molecule has 1 heterocycles. The maximum Gasteiger partial charge on any atom is 0.0748 e. The van der Waals surface area contributed by atoms with Gasteiger partial charge >= 0.3 is 0 Å². The monoisotopic (exact) mass is 545 g/mol. The van der Waals surface area contributed by atoms with Gasteiger partial charge in [0.1, 0.15) is 0 Å². The Bertz CT molecular complexity index is 862. The molecule has 2 aromatic carbocycles. The molecule has 0 bridgehead atoms. The van der Waals surface area contributed by atoms with Crippen LogP contribution in [0.4, 0.5) is 11.4 Å². The van der Waals surface area contributed by atoms with Crippen LogP contribution in [0.5, 0.6) is 0 Å². The average Bonchev–Trinajstić information content (AvgIpc) is 3.27. The van der Waals surface area contributed by atoms with Crippen molar-refractivity contribution in [1.82, 2.24) is 4.90 Å². The van der Waals surface area contributed by atoms with E-state index < -0.39 is 0 Å². The predicted molar refractivity (Wildman–Crippen MR) is 154 cm³/mol. The summed E-state index contributed by atoms with van der Waals surface area (Å²) in [7, 11) is 4.12. The summed E-state index contributed by atoms with van der Waals surface area (Å²) in [6.07, 6.45) is 2.49. The Balaban J connectivity index is 0.00000306. The lowest BCUT2D eigenvalue weighted by Crippen LogP contribution is -2.46. The first-order chi connectivity index (χ1) is 15.6. The summed E-state index contributed by atoms with van der Waals surface area (Å²) < 4.78 is 6.22. The Morgan fingerprint density at radius 1 is 0.971 bits per heavy atom. The lowest BCUT2D eigenvalue weighted by Gasteiger charge is -2.35. The van der Waals surface area contributed by atoms with Crippen molar-refractivity contribution < 1.29 is 10.2 Å². The topological polar surface area (TPSA) is 50.5 Å². The molecule has 2 aromatic rings. The number of nitrogens with zero attached hydrogens (tertiary/aromatic N) is 3. The summed E-state index contributed by atoms with van der Waals surface area (Å²) in [4.78, 5) is 7.01. The number of rotatable bonds is 10. The van der Waals surface area contributed by atoms with E-state index in [0.717, 1.165) is 38.5 Å². The van der Waals surface area contributed by atoms with Gasteiger partial charge in [0.25, 0.3) is 0 Å². The van der Waals surface area contributed by atoms with Crippen LogP contribution in [-0.4, -0.2) is 63.4 Å². The van der Waals surface area contributed by atoms with Crippen molar-refractivity contribution in [3.05, 3.63) is 58.1 Å². The highest BCUT2D eigenvalue weighted by Crippen LogP contribution is 2.35. The minimum atomic E-state index is 0. The number of ether oxygens (including phenoxy) is 1. The normalized spacial score (nSPS) is 14.7. The first-order valence-electron chi connectivity index (χ1n) is 11.9. The Labute approximate surface area is 228 Å². The fraction of sp³-hybridized carbons (Fsp3) is 0.556. The molecular weight excluding hydrogens is 505 g/mol. The molecule has 1 atom stereocenters. The lowest BCUT2D eigenvalue weighted by molar-refractivity contribution is 0.0318. The quantitative estimate of drug-likeness (QED) is 0.356. The smallest absolute Gasteiger partial charge is 0.0748 e. The molecule has 1 aliphatic rings. The zero-order chi connectivity index (χ0) is 24.0. The maximum atomic E-state index is 6.69. The van der Waals surface area contributed by atoms with Crippen LogP contribution in [0, 0.1) is 5.41 Å². The van der Waals surface area contributed by atoms with Crippen LogP contribution in [0.3, 0.4) is 0 Å². The molecule has 198 valence electrons. The van der Waals surface area contributed by atoms with Gasteiger partial charge in [-0.25, -0.2) is 0 Å². The molecule has 1 saturated heterocycles. The van der Waals surface area contributed by atoms with Gasteiger partial charge in [-0.3, -0.25) is 4.90 Å². The Kier molecular flexibility index (Phi) is 13.2. The number of anilines is 2. The minimum absolute atomic E-state index is 0. The first-order valence-corrected chi connectivity index (χ1v) is 12.7. The van der Waals surface area contributed by atoms with E-state index in [1.54, 1.807) is 0 Å². The molecular formula is C27H42Cl3N3O2. The second-order valence-corrected chi connectivity index (χ2v) is 11.3. The fourth-order valence-electron chi connectivity index (χ4n) is 4.28. The van der Waals surface area contributed by atoms with E-state index in [0.29, 0.717) is 16.7 Å². The SMILES string of the molecule is CN(C)c1ccc(CN(CC(COCC(C)(C)C)N2CCCC2)c2c(Cl)cccc2Cl)cc1.Cl.O. The molecule has 0 aliphatic carbocycles. The van der Waals surface area contributed by atoms with Gasteiger partial charge in [0, 0.05) is 32.9 Å². The van der Waals surface area contributed by atoms with Crippen LogP contribution in [-0.2, 0) is 11.3 Å². The average molecular weight is 547 g/mol.